The lowest BCUT2D eigenvalue weighted by Crippen LogP contribution is -2.24. The van der Waals surface area contributed by atoms with E-state index in [0.29, 0.717) is 18.2 Å². The molecule has 1 saturated heterocycles. The van der Waals surface area contributed by atoms with E-state index in [9.17, 15) is 4.79 Å². The number of nitrogens with one attached hydrogen (secondary N) is 1. The fraction of sp³-hybridized carbons (Fsp3) is 0.889. The molecular weight excluding hydrogens is 154 g/mol. The first-order valence-electron chi connectivity index (χ1n) is 4.57. The van der Waals surface area contributed by atoms with Crippen LogP contribution in [0.3, 0.4) is 0 Å². The van der Waals surface area contributed by atoms with Gasteiger partial charge in [0.1, 0.15) is 5.78 Å². The van der Waals surface area contributed by atoms with Crippen LogP contribution in [0.5, 0.6) is 0 Å². The van der Waals surface area contributed by atoms with Gasteiger partial charge in [-0.15, -0.1) is 0 Å². The summed E-state index contributed by atoms with van der Waals surface area (Å²) in [6, 6.07) is 0. The smallest absolute Gasteiger partial charge is 0.146 e. The first-order chi connectivity index (χ1) is 5.83. The molecule has 12 heavy (non-hydrogen) atoms. The average molecular weight is 171 g/mol. The van der Waals surface area contributed by atoms with Crippen molar-refractivity contribution in [2.45, 2.75) is 19.3 Å². The van der Waals surface area contributed by atoms with Crippen LogP contribution in [0.15, 0.2) is 0 Å². The second-order valence-electron chi connectivity index (χ2n) is 3.33. The summed E-state index contributed by atoms with van der Waals surface area (Å²) in [5.74, 6) is 0.893. The van der Waals surface area contributed by atoms with E-state index < -0.39 is 0 Å². The number of hydrogen-bond acceptors (Lipinski definition) is 3. The van der Waals surface area contributed by atoms with Crippen LogP contribution in [-0.4, -0.2) is 32.6 Å². The van der Waals surface area contributed by atoms with Crippen LogP contribution < -0.4 is 5.32 Å². The topological polar surface area (TPSA) is 38.3 Å². The normalized spacial score (nSPS) is 19.4. The van der Waals surface area contributed by atoms with Gasteiger partial charge in [0.2, 0.25) is 0 Å². The van der Waals surface area contributed by atoms with E-state index in [1.807, 2.05) is 7.05 Å². The summed E-state index contributed by atoms with van der Waals surface area (Å²) in [6.45, 7) is 2.17. The zero-order valence-electron chi connectivity index (χ0n) is 7.64. The fourth-order valence-corrected chi connectivity index (χ4v) is 1.54. The van der Waals surface area contributed by atoms with Gasteiger partial charge in [0, 0.05) is 19.6 Å². The zero-order valence-corrected chi connectivity index (χ0v) is 7.64. The minimum absolute atomic E-state index is 0.324. The van der Waals surface area contributed by atoms with Crippen LogP contribution >= 0.6 is 0 Å². The molecule has 0 aliphatic carbocycles. The predicted octanol–water partition coefficient (Wildman–Crippen LogP) is 0.592. The van der Waals surface area contributed by atoms with E-state index in [-0.39, 0.29) is 0 Å². The van der Waals surface area contributed by atoms with Crippen molar-refractivity contribution in [1.82, 2.24) is 5.32 Å². The molecule has 1 N–H and O–H groups in total. The summed E-state index contributed by atoms with van der Waals surface area (Å²) in [5.41, 5.74) is 0. The van der Waals surface area contributed by atoms with E-state index in [1.54, 1.807) is 0 Å². The highest BCUT2D eigenvalue weighted by Crippen LogP contribution is 2.18. The third-order valence-electron chi connectivity index (χ3n) is 2.23. The van der Waals surface area contributed by atoms with Crippen molar-refractivity contribution in [3.63, 3.8) is 0 Å². The third kappa shape index (κ3) is 3.32. The third-order valence-corrected chi connectivity index (χ3v) is 2.23. The van der Waals surface area contributed by atoms with Gasteiger partial charge in [0.05, 0.1) is 6.54 Å². The molecule has 3 nitrogen and oxygen atoms in total. The number of ether oxygens (including phenoxy) is 1. The molecule has 0 atom stereocenters. The molecule has 0 amide bonds. The molecule has 0 aromatic heterocycles. The Morgan fingerprint density at radius 1 is 1.50 bits per heavy atom. The number of Topliss-reactive ketones (excluding diaryl/α,β-unsaturated/α-hetero) is 1. The molecule has 0 saturated carbocycles. The van der Waals surface area contributed by atoms with Crippen molar-refractivity contribution in [3.05, 3.63) is 0 Å². The standard InChI is InChI=1S/C9H17NO2/c1-10-7-9(11)6-8-2-4-12-5-3-8/h8,10H,2-7H2,1H3. The fourth-order valence-electron chi connectivity index (χ4n) is 1.54. The molecule has 0 spiro atoms. The van der Waals surface area contributed by atoms with Crippen molar-refractivity contribution < 1.29 is 9.53 Å². The molecule has 1 heterocycles. The van der Waals surface area contributed by atoms with Crippen LogP contribution in [0.4, 0.5) is 0 Å². The number of rotatable bonds is 4. The molecule has 1 fully saturated rings. The van der Waals surface area contributed by atoms with Crippen LogP contribution in [-0.2, 0) is 9.53 Å². The molecule has 3 heteroatoms. The number of carbonyl (C=O) groups excluding carboxylic acids is 1. The Kier molecular flexibility index (Phi) is 4.25. The molecule has 0 radical (unpaired) electrons. The number of likely N-dealkylation sites (N-methyl/N-ethyl adjacent to an activating group) is 1. The van der Waals surface area contributed by atoms with Crippen LogP contribution in [0, 0.1) is 5.92 Å². The summed E-state index contributed by atoms with van der Waals surface area (Å²) in [4.78, 5) is 11.2. The molecule has 0 aromatic carbocycles. The Morgan fingerprint density at radius 3 is 2.75 bits per heavy atom. The zero-order chi connectivity index (χ0) is 8.81. The largest absolute Gasteiger partial charge is 0.381 e. The Morgan fingerprint density at radius 2 is 2.17 bits per heavy atom. The first-order valence-corrected chi connectivity index (χ1v) is 4.57. The number of ketones is 1. The van der Waals surface area contributed by atoms with Crippen LogP contribution in [0.25, 0.3) is 0 Å². The lowest BCUT2D eigenvalue weighted by atomic mass is 9.94. The van der Waals surface area contributed by atoms with Gasteiger partial charge in [-0.25, -0.2) is 0 Å². The van der Waals surface area contributed by atoms with E-state index in [1.165, 1.54) is 0 Å². The Balaban J connectivity index is 2.15. The average Bonchev–Trinajstić information content (AvgIpc) is 2.06. The van der Waals surface area contributed by atoms with Gasteiger partial charge >= 0.3 is 0 Å². The van der Waals surface area contributed by atoms with Crippen molar-refractivity contribution in [3.8, 4) is 0 Å². The SMILES string of the molecule is CNCC(=O)CC1CCOCC1. The molecular formula is C9H17NO2. The molecule has 0 bridgehead atoms. The number of hydrogen-bond donors (Lipinski definition) is 1. The molecule has 0 unspecified atom stereocenters. The first kappa shape index (κ1) is 9.68. The van der Waals surface area contributed by atoms with Crippen molar-refractivity contribution in [1.29, 1.82) is 0 Å². The van der Waals surface area contributed by atoms with Gasteiger partial charge in [-0.3, -0.25) is 4.79 Å². The van der Waals surface area contributed by atoms with Gasteiger partial charge in [-0.1, -0.05) is 0 Å². The van der Waals surface area contributed by atoms with E-state index in [4.69, 9.17) is 4.74 Å². The van der Waals surface area contributed by atoms with Gasteiger partial charge in [-0.05, 0) is 25.8 Å². The van der Waals surface area contributed by atoms with Gasteiger partial charge in [-0.2, -0.15) is 0 Å². The second kappa shape index (κ2) is 5.27. The van der Waals surface area contributed by atoms with Gasteiger partial charge < -0.3 is 10.1 Å². The maximum atomic E-state index is 11.2. The quantitative estimate of drug-likeness (QED) is 0.673. The Labute approximate surface area is 73.5 Å². The van der Waals surface area contributed by atoms with E-state index >= 15 is 0 Å². The van der Waals surface area contributed by atoms with Gasteiger partial charge in [0.25, 0.3) is 0 Å². The number of carbonyl (C=O) groups is 1. The van der Waals surface area contributed by atoms with Crippen LogP contribution in [0.2, 0.25) is 0 Å². The van der Waals surface area contributed by atoms with E-state index in [2.05, 4.69) is 5.32 Å². The maximum Gasteiger partial charge on any atom is 0.146 e. The lowest BCUT2D eigenvalue weighted by Gasteiger charge is -2.20. The highest BCUT2D eigenvalue weighted by molar-refractivity contribution is 5.80. The minimum Gasteiger partial charge on any atom is -0.381 e. The predicted molar refractivity (Wildman–Crippen MR) is 47.1 cm³/mol. The van der Waals surface area contributed by atoms with Crippen molar-refractivity contribution in [2.24, 2.45) is 5.92 Å². The van der Waals surface area contributed by atoms with Crippen molar-refractivity contribution >= 4 is 5.78 Å². The van der Waals surface area contributed by atoms with Crippen molar-refractivity contribution in [2.75, 3.05) is 26.8 Å². The van der Waals surface area contributed by atoms with Crippen LogP contribution in [0.1, 0.15) is 19.3 Å². The molecule has 0 aromatic rings. The summed E-state index contributed by atoms with van der Waals surface area (Å²) in [6.07, 6.45) is 2.83. The maximum absolute atomic E-state index is 11.2. The lowest BCUT2D eigenvalue weighted by molar-refractivity contribution is -0.119. The summed E-state index contributed by atoms with van der Waals surface area (Å²) >= 11 is 0. The molecule has 70 valence electrons. The Bertz CT molecular complexity index is 141. The molecule has 1 rings (SSSR count). The highest BCUT2D eigenvalue weighted by Gasteiger charge is 2.16. The Hall–Kier alpha value is -0.410. The highest BCUT2D eigenvalue weighted by atomic mass is 16.5. The minimum atomic E-state index is 0.324. The summed E-state index contributed by atoms with van der Waals surface area (Å²) in [7, 11) is 1.81. The van der Waals surface area contributed by atoms with Gasteiger partial charge in [0.15, 0.2) is 0 Å². The summed E-state index contributed by atoms with van der Waals surface area (Å²) in [5, 5.41) is 2.88. The summed E-state index contributed by atoms with van der Waals surface area (Å²) < 4.78 is 5.21. The molecule has 1 aliphatic heterocycles. The monoisotopic (exact) mass is 171 g/mol. The second-order valence-corrected chi connectivity index (χ2v) is 3.33. The molecule has 1 aliphatic rings. The van der Waals surface area contributed by atoms with E-state index in [0.717, 1.165) is 32.5 Å².